The van der Waals surface area contributed by atoms with Crippen molar-refractivity contribution >= 4 is 5.91 Å². The average molecular weight is 202 g/mol. The van der Waals surface area contributed by atoms with Gasteiger partial charge in [0.05, 0.1) is 25.2 Å². The van der Waals surface area contributed by atoms with Crippen LogP contribution in [0.2, 0.25) is 0 Å². The van der Waals surface area contributed by atoms with Gasteiger partial charge in [-0.1, -0.05) is 0 Å². The molecule has 0 aliphatic carbocycles. The van der Waals surface area contributed by atoms with E-state index in [9.17, 15) is 4.79 Å². The van der Waals surface area contributed by atoms with E-state index in [1.165, 1.54) is 0 Å². The van der Waals surface area contributed by atoms with Gasteiger partial charge in [0.1, 0.15) is 0 Å². The minimum absolute atomic E-state index is 0.00565. The van der Waals surface area contributed by atoms with E-state index >= 15 is 0 Å². The number of carbonyl (C=O) groups is 1. The molecule has 0 bridgehead atoms. The van der Waals surface area contributed by atoms with Crippen LogP contribution in [-0.4, -0.2) is 50.5 Å². The Bertz CT molecular complexity index is 181. The fraction of sp³-hybridized carbons (Fsp3) is 0.889. The zero-order chi connectivity index (χ0) is 10.4. The average Bonchev–Trinajstić information content (AvgIpc) is 2.69. The summed E-state index contributed by atoms with van der Waals surface area (Å²) in [6, 6.07) is -0.284. The Hall–Kier alpha value is -0.650. The Labute approximate surface area is 83.8 Å². The lowest BCUT2D eigenvalue weighted by Gasteiger charge is -2.17. The number of aliphatic hydroxyl groups excluding tert-OH is 1. The van der Waals surface area contributed by atoms with E-state index in [0.717, 1.165) is 19.5 Å². The van der Waals surface area contributed by atoms with Crippen molar-refractivity contribution in [3.05, 3.63) is 0 Å². The second-order valence-corrected chi connectivity index (χ2v) is 3.53. The van der Waals surface area contributed by atoms with Crippen molar-refractivity contribution in [2.75, 3.05) is 33.4 Å². The molecule has 0 aromatic heterocycles. The van der Waals surface area contributed by atoms with Crippen molar-refractivity contribution in [2.24, 2.45) is 5.92 Å². The molecule has 82 valence electrons. The van der Waals surface area contributed by atoms with Crippen LogP contribution in [0.3, 0.4) is 0 Å². The first kappa shape index (κ1) is 11.4. The van der Waals surface area contributed by atoms with Crippen molar-refractivity contribution in [3.63, 3.8) is 0 Å². The van der Waals surface area contributed by atoms with E-state index in [4.69, 9.17) is 9.84 Å². The maximum absolute atomic E-state index is 11.6. The Morgan fingerprint density at radius 2 is 2.57 bits per heavy atom. The van der Waals surface area contributed by atoms with E-state index in [1.54, 1.807) is 7.11 Å². The Kier molecular flexibility index (Phi) is 4.86. The number of hydrogen-bond acceptors (Lipinski definition) is 4. The first-order chi connectivity index (χ1) is 6.77. The lowest BCUT2D eigenvalue weighted by atomic mass is 10.1. The summed E-state index contributed by atoms with van der Waals surface area (Å²) < 4.78 is 4.87. The van der Waals surface area contributed by atoms with Crippen molar-refractivity contribution in [1.82, 2.24) is 10.6 Å². The molecule has 0 radical (unpaired) electrons. The molecule has 0 saturated carbocycles. The fourth-order valence-electron chi connectivity index (χ4n) is 1.54. The first-order valence-electron chi connectivity index (χ1n) is 4.88. The van der Waals surface area contributed by atoms with Gasteiger partial charge in [-0.25, -0.2) is 0 Å². The molecule has 1 rings (SSSR count). The Morgan fingerprint density at radius 1 is 1.79 bits per heavy atom. The molecule has 2 unspecified atom stereocenters. The van der Waals surface area contributed by atoms with Gasteiger partial charge >= 0.3 is 0 Å². The summed E-state index contributed by atoms with van der Waals surface area (Å²) >= 11 is 0. The molecule has 2 atom stereocenters. The second kappa shape index (κ2) is 5.95. The molecular weight excluding hydrogens is 184 g/mol. The highest BCUT2D eigenvalue weighted by Gasteiger charge is 2.24. The topological polar surface area (TPSA) is 70.6 Å². The third-order valence-corrected chi connectivity index (χ3v) is 2.37. The number of carbonyl (C=O) groups excluding carboxylic acids is 1. The molecule has 1 amide bonds. The number of rotatable bonds is 5. The second-order valence-electron chi connectivity index (χ2n) is 3.53. The van der Waals surface area contributed by atoms with Crippen molar-refractivity contribution in [3.8, 4) is 0 Å². The largest absolute Gasteiger partial charge is 0.394 e. The predicted molar refractivity (Wildman–Crippen MR) is 51.9 cm³/mol. The molecule has 0 aromatic carbocycles. The van der Waals surface area contributed by atoms with Gasteiger partial charge in [-0.2, -0.15) is 0 Å². The van der Waals surface area contributed by atoms with E-state index < -0.39 is 0 Å². The lowest BCUT2D eigenvalue weighted by molar-refractivity contribution is -0.125. The smallest absolute Gasteiger partial charge is 0.224 e. The summed E-state index contributed by atoms with van der Waals surface area (Å²) in [6.07, 6.45) is 0.872. The van der Waals surface area contributed by atoms with Crippen LogP contribution in [0, 0.1) is 5.92 Å². The quantitative estimate of drug-likeness (QED) is 0.519. The van der Waals surface area contributed by atoms with Crippen molar-refractivity contribution < 1.29 is 14.6 Å². The molecule has 1 heterocycles. The molecule has 0 aromatic rings. The summed E-state index contributed by atoms with van der Waals surface area (Å²) in [5.74, 6) is 0.0482. The van der Waals surface area contributed by atoms with Crippen LogP contribution >= 0.6 is 0 Å². The van der Waals surface area contributed by atoms with Crippen LogP contribution in [-0.2, 0) is 9.53 Å². The number of amides is 1. The van der Waals surface area contributed by atoms with Crippen molar-refractivity contribution in [1.29, 1.82) is 0 Å². The molecule has 1 aliphatic rings. The zero-order valence-electron chi connectivity index (χ0n) is 8.45. The first-order valence-corrected chi connectivity index (χ1v) is 4.88. The number of aliphatic hydroxyl groups is 1. The van der Waals surface area contributed by atoms with Gasteiger partial charge in [0.2, 0.25) is 5.91 Å². The normalized spacial score (nSPS) is 23.4. The summed E-state index contributed by atoms with van der Waals surface area (Å²) in [6.45, 7) is 1.89. The van der Waals surface area contributed by atoms with Crippen LogP contribution in [0.4, 0.5) is 0 Å². The maximum atomic E-state index is 11.6. The molecule has 0 spiro atoms. The molecular formula is C9H18N2O3. The molecule has 14 heavy (non-hydrogen) atoms. The van der Waals surface area contributed by atoms with Crippen LogP contribution < -0.4 is 10.6 Å². The number of ether oxygens (including phenoxy) is 1. The van der Waals surface area contributed by atoms with E-state index in [-0.39, 0.29) is 24.5 Å². The summed E-state index contributed by atoms with van der Waals surface area (Å²) in [5, 5.41) is 14.8. The highest BCUT2D eigenvalue weighted by atomic mass is 16.5. The lowest BCUT2D eigenvalue weighted by Crippen LogP contribution is -2.44. The zero-order valence-corrected chi connectivity index (χ0v) is 8.45. The summed E-state index contributed by atoms with van der Waals surface area (Å²) in [7, 11) is 1.55. The standard InChI is InChI=1S/C9H18N2O3/c1-14-6-8(5-12)11-9(13)7-2-3-10-4-7/h7-8,10,12H,2-6H2,1H3,(H,11,13). The minimum atomic E-state index is -0.284. The van der Waals surface area contributed by atoms with E-state index in [2.05, 4.69) is 10.6 Å². The highest BCUT2D eigenvalue weighted by molar-refractivity contribution is 5.79. The Balaban J connectivity index is 2.29. The number of hydrogen-bond donors (Lipinski definition) is 3. The molecule has 3 N–H and O–H groups in total. The van der Waals surface area contributed by atoms with Gasteiger partial charge in [0.25, 0.3) is 0 Å². The monoisotopic (exact) mass is 202 g/mol. The molecule has 1 fully saturated rings. The minimum Gasteiger partial charge on any atom is -0.394 e. The third-order valence-electron chi connectivity index (χ3n) is 2.37. The van der Waals surface area contributed by atoms with E-state index in [1.807, 2.05) is 0 Å². The SMILES string of the molecule is COCC(CO)NC(=O)C1CCNC1. The van der Waals surface area contributed by atoms with Gasteiger partial charge in [-0.05, 0) is 13.0 Å². The van der Waals surface area contributed by atoms with Gasteiger partial charge in [0.15, 0.2) is 0 Å². The Morgan fingerprint density at radius 3 is 3.07 bits per heavy atom. The molecule has 5 heteroatoms. The van der Waals surface area contributed by atoms with Crippen LogP contribution in [0.25, 0.3) is 0 Å². The molecule has 1 aliphatic heterocycles. The summed E-state index contributed by atoms with van der Waals surface area (Å²) in [4.78, 5) is 11.6. The van der Waals surface area contributed by atoms with Crippen LogP contribution in [0.15, 0.2) is 0 Å². The van der Waals surface area contributed by atoms with E-state index in [0.29, 0.717) is 6.61 Å². The maximum Gasteiger partial charge on any atom is 0.224 e. The molecule has 5 nitrogen and oxygen atoms in total. The summed E-state index contributed by atoms with van der Waals surface area (Å²) in [5.41, 5.74) is 0. The van der Waals surface area contributed by atoms with Crippen molar-refractivity contribution in [2.45, 2.75) is 12.5 Å². The van der Waals surface area contributed by atoms with Gasteiger partial charge in [0, 0.05) is 13.7 Å². The number of methoxy groups -OCH3 is 1. The highest BCUT2D eigenvalue weighted by Crippen LogP contribution is 2.07. The van der Waals surface area contributed by atoms with Gasteiger partial charge in [-0.3, -0.25) is 4.79 Å². The third kappa shape index (κ3) is 3.25. The molecule has 1 saturated heterocycles. The fourth-order valence-corrected chi connectivity index (χ4v) is 1.54. The van der Waals surface area contributed by atoms with Crippen LogP contribution in [0.5, 0.6) is 0 Å². The van der Waals surface area contributed by atoms with Gasteiger partial charge < -0.3 is 20.5 Å². The predicted octanol–water partition coefficient (Wildman–Crippen LogP) is -1.28. The van der Waals surface area contributed by atoms with Gasteiger partial charge in [-0.15, -0.1) is 0 Å². The van der Waals surface area contributed by atoms with Crippen LogP contribution in [0.1, 0.15) is 6.42 Å². The number of nitrogens with one attached hydrogen (secondary N) is 2.